The third kappa shape index (κ3) is 5.25. The van der Waals surface area contributed by atoms with Crippen LogP contribution < -0.4 is 10.6 Å². The number of likely N-dealkylation sites (tertiary alicyclic amines) is 1. The first-order valence-corrected chi connectivity index (χ1v) is 9.64. The Bertz CT molecular complexity index is 754. The number of ketones is 1. The van der Waals surface area contributed by atoms with Crippen molar-refractivity contribution >= 4 is 11.6 Å². The zero-order valence-corrected chi connectivity index (χ0v) is 17.6. The number of rotatable bonds is 7. The second-order valence-electron chi connectivity index (χ2n) is 8.02. The molecule has 0 aromatic heterocycles. The molecular formula is C21H31F2N5O. The molecule has 1 unspecified atom stereocenters. The van der Waals surface area contributed by atoms with Gasteiger partial charge in [-0.1, -0.05) is 32.6 Å². The molecule has 160 valence electrons. The number of nitrogens with one attached hydrogen (secondary N) is 3. The lowest BCUT2D eigenvalue weighted by molar-refractivity contribution is -0.130. The van der Waals surface area contributed by atoms with Gasteiger partial charge in [-0.15, -0.1) is 0 Å². The van der Waals surface area contributed by atoms with E-state index in [1.807, 2.05) is 19.9 Å². The number of carbonyl (C=O) groups excluding carboxylic acids is 1. The molecular weight excluding hydrogens is 376 g/mol. The van der Waals surface area contributed by atoms with E-state index >= 15 is 0 Å². The second kappa shape index (κ2) is 9.24. The molecule has 2 heterocycles. The molecule has 6 nitrogen and oxygen atoms in total. The van der Waals surface area contributed by atoms with Crippen molar-refractivity contribution in [2.75, 3.05) is 33.7 Å². The number of amidine groups is 1. The second-order valence-corrected chi connectivity index (χ2v) is 8.02. The van der Waals surface area contributed by atoms with Crippen LogP contribution in [0.2, 0.25) is 0 Å². The first kappa shape index (κ1) is 22.6. The molecule has 1 atom stereocenters. The molecule has 8 heteroatoms. The van der Waals surface area contributed by atoms with Crippen LogP contribution >= 0.6 is 0 Å². The zero-order chi connectivity index (χ0) is 21.8. The third-order valence-corrected chi connectivity index (χ3v) is 5.49. The molecule has 0 aliphatic carbocycles. The largest absolute Gasteiger partial charge is 0.392 e. The maximum absolute atomic E-state index is 13.2. The van der Waals surface area contributed by atoms with Crippen molar-refractivity contribution in [2.45, 2.75) is 32.7 Å². The number of carbonyl (C=O) groups is 1. The lowest BCUT2D eigenvalue weighted by atomic mass is 9.81. The average Bonchev–Trinajstić information content (AvgIpc) is 2.66. The molecule has 0 amide bonds. The predicted octanol–water partition coefficient (Wildman–Crippen LogP) is 2.49. The van der Waals surface area contributed by atoms with Crippen LogP contribution in [-0.2, 0) is 4.79 Å². The van der Waals surface area contributed by atoms with Crippen LogP contribution in [0.25, 0.3) is 0 Å². The maximum Gasteiger partial charge on any atom is 0.278 e. The standard InChI is InChI=1S/C21H31F2N5O/c1-14(16-7-6-8-17(19(22)23)27(16)5)11-26-15(12-25-4)20(24)28-10-9-21(2,3)18(29)13-28/h6-8,12,16,19,24-26H,1,9-11,13H2,2-5H3/b15-12+,24-20?. The lowest BCUT2D eigenvalue weighted by Crippen LogP contribution is -2.49. The zero-order valence-electron chi connectivity index (χ0n) is 17.6. The van der Waals surface area contributed by atoms with E-state index in [1.54, 1.807) is 31.3 Å². The minimum absolute atomic E-state index is 0.0492. The summed E-state index contributed by atoms with van der Waals surface area (Å²) in [5, 5.41) is 14.6. The van der Waals surface area contributed by atoms with Gasteiger partial charge in [-0.2, -0.15) is 0 Å². The van der Waals surface area contributed by atoms with Gasteiger partial charge in [0.05, 0.1) is 24.0 Å². The van der Waals surface area contributed by atoms with Crippen molar-refractivity contribution in [3.05, 3.63) is 48.0 Å². The molecule has 29 heavy (non-hydrogen) atoms. The van der Waals surface area contributed by atoms with Crippen molar-refractivity contribution in [1.82, 2.24) is 20.4 Å². The van der Waals surface area contributed by atoms with Crippen LogP contribution in [-0.4, -0.2) is 67.6 Å². The third-order valence-electron chi connectivity index (χ3n) is 5.49. The topological polar surface area (TPSA) is 71.5 Å². The molecule has 0 radical (unpaired) electrons. The number of allylic oxidation sites excluding steroid dienone is 3. The van der Waals surface area contributed by atoms with Gasteiger partial charge in [0.1, 0.15) is 5.84 Å². The van der Waals surface area contributed by atoms with Crippen molar-refractivity contribution < 1.29 is 13.6 Å². The first-order chi connectivity index (χ1) is 13.6. The van der Waals surface area contributed by atoms with Gasteiger partial charge in [0.25, 0.3) is 6.43 Å². The molecule has 1 fully saturated rings. The van der Waals surface area contributed by atoms with E-state index in [4.69, 9.17) is 5.41 Å². The van der Waals surface area contributed by atoms with E-state index in [-0.39, 0.29) is 35.3 Å². The summed E-state index contributed by atoms with van der Waals surface area (Å²) in [6.45, 7) is 9.03. The molecule has 0 aromatic carbocycles. The number of nitrogens with zero attached hydrogens (tertiary/aromatic N) is 2. The van der Waals surface area contributed by atoms with Gasteiger partial charge >= 0.3 is 0 Å². The van der Waals surface area contributed by atoms with Gasteiger partial charge in [0.15, 0.2) is 5.78 Å². The van der Waals surface area contributed by atoms with Crippen LogP contribution in [0.4, 0.5) is 8.78 Å². The van der Waals surface area contributed by atoms with E-state index in [2.05, 4.69) is 17.2 Å². The Balaban J connectivity index is 2.01. The Kier molecular flexibility index (Phi) is 7.21. The number of likely N-dealkylation sites (N-methyl/N-ethyl adjacent to an activating group) is 1. The Morgan fingerprint density at radius 2 is 2.17 bits per heavy atom. The van der Waals surface area contributed by atoms with E-state index in [0.717, 1.165) is 0 Å². The highest BCUT2D eigenvalue weighted by molar-refractivity contribution is 5.99. The number of Topliss-reactive ketones (excluding diaryl/α,β-unsaturated/α-hetero) is 1. The fourth-order valence-corrected chi connectivity index (χ4v) is 3.35. The Morgan fingerprint density at radius 1 is 1.48 bits per heavy atom. The molecule has 0 bridgehead atoms. The summed E-state index contributed by atoms with van der Waals surface area (Å²) >= 11 is 0. The number of halogens is 2. The van der Waals surface area contributed by atoms with Crippen LogP contribution in [0.5, 0.6) is 0 Å². The summed E-state index contributed by atoms with van der Waals surface area (Å²) in [4.78, 5) is 15.6. The minimum Gasteiger partial charge on any atom is -0.392 e. The van der Waals surface area contributed by atoms with Gasteiger partial charge in [0, 0.05) is 38.8 Å². The molecule has 0 saturated carbocycles. The molecule has 0 aromatic rings. The Hall–Kier alpha value is -2.64. The SMILES string of the molecule is C=C(CN/C(=C/NC)C(=N)N1CCC(C)(C)C(=O)C1)C1C=CC=C(C(F)F)N1C. The van der Waals surface area contributed by atoms with E-state index < -0.39 is 6.43 Å². The molecule has 3 N–H and O–H groups in total. The van der Waals surface area contributed by atoms with Gasteiger partial charge in [-0.3, -0.25) is 10.2 Å². The fraction of sp³-hybridized carbons (Fsp3) is 0.524. The van der Waals surface area contributed by atoms with Crippen LogP contribution in [0, 0.1) is 10.8 Å². The first-order valence-electron chi connectivity index (χ1n) is 9.64. The molecule has 1 saturated heterocycles. The number of hydrogen-bond donors (Lipinski definition) is 3. The lowest BCUT2D eigenvalue weighted by Gasteiger charge is -2.37. The Labute approximate surface area is 171 Å². The summed E-state index contributed by atoms with van der Waals surface area (Å²) in [6.07, 6.45) is 4.62. The van der Waals surface area contributed by atoms with Crippen molar-refractivity contribution in [2.24, 2.45) is 5.41 Å². The molecule has 2 aliphatic rings. The van der Waals surface area contributed by atoms with Crippen LogP contribution in [0.1, 0.15) is 20.3 Å². The number of piperidine rings is 1. The van der Waals surface area contributed by atoms with Gasteiger partial charge in [-0.25, -0.2) is 8.78 Å². The highest BCUT2D eigenvalue weighted by atomic mass is 19.3. The van der Waals surface area contributed by atoms with Crippen molar-refractivity contribution in [3.63, 3.8) is 0 Å². The summed E-state index contributed by atoms with van der Waals surface area (Å²) in [7, 11) is 3.34. The maximum atomic E-state index is 13.2. The van der Waals surface area contributed by atoms with Crippen LogP contribution in [0.3, 0.4) is 0 Å². The number of hydrogen-bond acceptors (Lipinski definition) is 5. The quantitative estimate of drug-likeness (QED) is 0.344. The fourth-order valence-electron chi connectivity index (χ4n) is 3.35. The summed E-state index contributed by atoms with van der Waals surface area (Å²) < 4.78 is 26.3. The molecule has 2 rings (SSSR count). The van der Waals surface area contributed by atoms with Crippen molar-refractivity contribution in [3.8, 4) is 0 Å². The summed E-state index contributed by atoms with van der Waals surface area (Å²) in [5.74, 6) is 0.332. The Morgan fingerprint density at radius 3 is 2.76 bits per heavy atom. The monoisotopic (exact) mass is 407 g/mol. The average molecular weight is 408 g/mol. The van der Waals surface area contributed by atoms with Gasteiger partial charge < -0.3 is 20.4 Å². The highest BCUT2D eigenvalue weighted by Crippen LogP contribution is 2.27. The van der Waals surface area contributed by atoms with Crippen LogP contribution in [0.15, 0.2) is 48.0 Å². The van der Waals surface area contributed by atoms with Gasteiger partial charge in [0.2, 0.25) is 0 Å². The van der Waals surface area contributed by atoms with E-state index in [0.29, 0.717) is 30.8 Å². The normalized spacial score (nSPS) is 21.9. The van der Waals surface area contributed by atoms with Gasteiger partial charge in [-0.05, 0) is 18.1 Å². The highest BCUT2D eigenvalue weighted by Gasteiger charge is 2.35. The van der Waals surface area contributed by atoms with E-state index in [9.17, 15) is 13.6 Å². The van der Waals surface area contributed by atoms with Crippen molar-refractivity contribution in [1.29, 1.82) is 5.41 Å². The predicted molar refractivity (Wildman–Crippen MR) is 112 cm³/mol. The minimum atomic E-state index is -2.55. The summed E-state index contributed by atoms with van der Waals surface area (Å²) in [6, 6.07) is -0.362. The molecule has 2 aliphatic heterocycles. The summed E-state index contributed by atoms with van der Waals surface area (Å²) in [5.41, 5.74) is 0.805. The van der Waals surface area contributed by atoms with E-state index in [1.165, 1.54) is 11.0 Å². The smallest absolute Gasteiger partial charge is 0.278 e. The molecule has 0 spiro atoms. The number of alkyl halides is 2.